The van der Waals surface area contributed by atoms with Crippen molar-refractivity contribution in [3.8, 4) is 0 Å². The summed E-state index contributed by atoms with van der Waals surface area (Å²) in [5.74, 6) is -0.0833. The molecule has 12 nitrogen and oxygen atoms in total. The molecule has 1 rings (SSSR count). The first-order valence-electron chi connectivity index (χ1n) is 11.4. The van der Waals surface area contributed by atoms with Gasteiger partial charge in [-0.1, -0.05) is 31.4 Å². The van der Waals surface area contributed by atoms with Gasteiger partial charge in [-0.3, -0.25) is 18.5 Å². The van der Waals surface area contributed by atoms with Crippen LogP contribution in [0.4, 0.5) is 4.79 Å². The van der Waals surface area contributed by atoms with Gasteiger partial charge in [-0.05, 0) is 33.1 Å². The second-order valence-corrected chi connectivity index (χ2v) is 9.19. The lowest BCUT2D eigenvalue weighted by molar-refractivity contribution is -0.121. The molecule has 0 bridgehead atoms. The van der Waals surface area contributed by atoms with Crippen LogP contribution in [0.5, 0.6) is 0 Å². The number of phosphoric acid groups is 1. The van der Waals surface area contributed by atoms with Crippen LogP contribution in [0.25, 0.3) is 0 Å². The highest BCUT2D eigenvalue weighted by atomic mass is 31.2. The fourth-order valence-electron chi connectivity index (χ4n) is 2.64. The minimum absolute atomic E-state index is 0.0833. The predicted molar refractivity (Wildman–Crippen MR) is 121 cm³/mol. The van der Waals surface area contributed by atoms with Crippen molar-refractivity contribution >= 4 is 19.8 Å². The van der Waals surface area contributed by atoms with E-state index >= 15 is 0 Å². The van der Waals surface area contributed by atoms with Gasteiger partial charge in [0.05, 0.1) is 38.6 Å². The summed E-state index contributed by atoms with van der Waals surface area (Å²) in [6.07, 6.45) is 5.99. The van der Waals surface area contributed by atoms with Crippen LogP contribution < -0.4 is 10.6 Å². The largest absolute Gasteiger partial charge is 0.472 e. The molecule has 1 aromatic heterocycles. The molecule has 0 fully saturated rings. The summed E-state index contributed by atoms with van der Waals surface area (Å²) >= 11 is 0. The average Bonchev–Trinajstić information content (AvgIpc) is 3.20. The summed E-state index contributed by atoms with van der Waals surface area (Å²) < 4.78 is 27.8. The van der Waals surface area contributed by atoms with Gasteiger partial charge >= 0.3 is 13.9 Å². The number of ether oxygens (including phenoxy) is 1. The molecular weight excluding hydrogens is 453 g/mol. The fraction of sp³-hybridized carbons (Fsp3) is 0.800. The van der Waals surface area contributed by atoms with E-state index in [1.807, 2.05) is 6.92 Å². The minimum Gasteiger partial charge on any atom is -0.450 e. The van der Waals surface area contributed by atoms with Crippen molar-refractivity contribution in [2.24, 2.45) is 0 Å². The number of amides is 2. The van der Waals surface area contributed by atoms with Gasteiger partial charge in [0.25, 0.3) is 0 Å². The summed E-state index contributed by atoms with van der Waals surface area (Å²) in [6.45, 7) is 7.04. The number of carbonyl (C=O) groups is 2. The van der Waals surface area contributed by atoms with E-state index in [1.165, 1.54) is 0 Å². The number of hydrogen-bond acceptors (Lipinski definition) is 8. The van der Waals surface area contributed by atoms with Gasteiger partial charge < -0.3 is 20.3 Å². The van der Waals surface area contributed by atoms with Gasteiger partial charge in [0.2, 0.25) is 5.91 Å². The van der Waals surface area contributed by atoms with Crippen molar-refractivity contribution in [1.29, 1.82) is 0 Å². The molecule has 2 amide bonds. The van der Waals surface area contributed by atoms with E-state index in [-0.39, 0.29) is 31.6 Å². The molecule has 0 aliphatic carbocycles. The van der Waals surface area contributed by atoms with Crippen molar-refractivity contribution in [3.05, 3.63) is 11.9 Å². The lowest BCUT2D eigenvalue weighted by Gasteiger charge is -2.14. The second-order valence-electron chi connectivity index (χ2n) is 7.79. The first-order valence-corrected chi connectivity index (χ1v) is 12.9. The number of nitrogens with zero attached hydrogens (tertiary/aromatic N) is 3. The number of phosphoric ester groups is 1. The zero-order valence-corrected chi connectivity index (χ0v) is 20.7. The molecule has 0 aliphatic heterocycles. The Morgan fingerprint density at radius 1 is 1.15 bits per heavy atom. The van der Waals surface area contributed by atoms with Crippen LogP contribution in [0.2, 0.25) is 0 Å². The lowest BCUT2D eigenvalue weighted by atomic mass is 10.2. The third-order valence-corrected chi connectivity index (χ3v) is 5.49. The molecule has 1 atom stereocenters. The van der Waals surface area contributed by atoms with Crippen LogP contribution in [0.1, 0.15) is 71.4 Å². The third kappa shape index (κ3) is 15.5. The smallest absolute Gasteiger partial charge is 0.450 e. The minimum atomic E-state index is -3.96. The van der Waals surface area contributed by atoms with Crippen LogP contribution in [-0.2, 0) is 36.2 Å². The maximum absolute atomic E-state index is 12.0. The molecule has 1 aromatic rings. The maximum atomic E-state index is 12.0. The molecule has 3 N–H and O–H groups in total. The Balaban J connectivity index is 2.06. The van der Waals surface area contributed by atoms with Crippen LogP contribution in [-0.4, -0.2) is 57.8 Å². The van der Waals surface area contributed by atoms with Crippen molar-refractivity contribution in [1.82, 2.24) is 25.6 Å². The van der Waals surface area contributed by atoms with E-state index in [0.717, 1.165) is 32.1 Å². The average molecular weight is 492 g/mol. The zero-order valence-electron chi connectivity index (χ0n) is 19.8. The number of rotatable bonds is 18. The molecule has 0 aliphatic rings. The Labute approximate surface area is 195 Å². The van der Waals surface area contributed by atoms with E-state index in [2.05, 4.69) is 20.9 Å². The van der Waals surface area contributed by atoms with Crippen molar-refractivity contribution in [3.63, 3.8) is 0 Å². The van der Waals surface area contributed by atoms with E-state index in [0.29, 0.717) is 31.8 Å². The molecule has 0 saturated carbocycles. The molecule has 0 spiro atoms. The van der Waals surface area contributed by atoms with Gasteiger partial charge in [-0.2, -0.15) is 0 Å². The van der Waals surface area contributed by atoms with Gasteiger partial charge in [-0.15, -0.1) is 5.10 Å². The lowest BCUT2D eigenvalue weighted by Crippen LogP contribution is -2.25. The zero-order chi connectivity index (χ0) is 24.5. The Kier molecular flexibility index (Phi) is 14.6. The predicted octanol–water partition coefficient (Wildman–Crippen LogP) is 2.91. The Morgan fingerprint density at radius 3 is 2.64 bits per heavy atom. The summed E-state index contributed by atoms with van der Waals surface area (Å²) in [5, 5.41) is 13.4. The highest BCUT2D eigenvalue weighted by Crippen LogP contribution is 2.44. The summed E-state index contributed by atoms with van der Waals surface area (Å²) in [4.78, 5) is 32.9. The summed E-state index contributed by atoms with van der Waals surface area (Å²) in [6, 6.07) is 0. The molecule has 0 aromatic carbocycles. The van der Waals surface area contributed by atoms with Gasteiger partial charge in [0.1, 0.15) is 5.69 Å². The van der Waals surface area contributed by atoms with E-state index in [1.54, 1.807) is 24.7 Å². The Hall–Kier alpha value is -2.01. The first-order chi connectivity index (χ1) is 15.7. The molecule has 0 saturated heterocycles. The van der Waals surface area contributed by atoms with Crippen LogP contribution >= 0.6 is 7.82 Å². The molecular formula is C20H38N5O7P. The van der Waals surface area contributed by atoms with Gasteiger partial charge in [0.15, 0.2) is 0 Å². The second kappa shape index (κ2) is 16.6. The third-order valence-electron chi connectivity index (χ3n) is 4.29. The number of hydrogen-bond donors (Lipinski definition) is 3. The number of nitrogens with one attached hydrogen (secondary N) is 2. The molecule has 190 valence electrons. The normalized spacial score (nSPS) is 13.0. The number of aromatic nitrogens is 3. The Morgan fingerprint density at radius 2 is 1.91 bits per heavy atom. The maximum Gasteiger partial charge on any atom is 0.472 e. The molecule has 33 heavy (non-hydrogen) atoms. The summed E-state index contributed by atoms with van der Waals surface area (Å²) in [5.41, 5.74) is 0.583. The highest BCUT2D eigenvalue weighted by Gasteiger charge is 2.21. The van der Waals surface area contributed by atoms with Crippen LogP contribution in [0.3, 0.4) is 0 Å². The van der Waals surface area contributed by atoms with Crippen LogP contribution in [0, 0.1) is 0 Å². The number of aryl methyl sites for hydroxylation is 1. The topological polar surface area (TPSA) is 154 Å². The standard InChI is InChI=1S/C20H38N5O7P/c1-4-5-13-30-20(27)22-15-18-16-25(24-23-18)12-10-19(26)21-11-8-6-7-9-14-31-33(28,29)32-17(2)3/h16-17H,4-15H2,1-3H3,(H,21,26)(H,22,27)(H,28,29). The molecule has 13 heteroatoms. The number of unbranched alkanes of at least 4 members (excludes halogenated alkanes) is 4. The monoisotopic (exact) mass is 491 g/mol. The van der Waals surface area contributed by atoms with Gasteiger partial charge in [-0.25, -0.2) is 9.36 Å². The number of alkyl carbamates (subject to hydrolysis) is 1. The van der Waals surface area contributed by atoms with Crippen molar-refractivity contribution in [2.75, 3.05) is 19.8 Å². The first kappa shape index (κ1) is 29.0. The molecule has 0 radical (unpaired) electrons. The highest BCUT2D eigenvalue weighted by molar-refractivity contribution is 7.47. The van der Waals surface area contributed by atoms with Crippen molar-refractivity contribution in [2.45, 2.75) is 84.9 Å². The van der Waals surface area contributed by atoms with Gasteiger partial charge in [0, 0.05) is 13.0 Å². The Bertz CT molecular complexity index is 744. The van der Waals surface area contributed by atoms with Crippen LogP contribution in [0.15, 0.2) is 6.20 Å². The van der Waals surface area contributed by atoms with E-state index in [4.69, 9.17) is 13.8 Å². The molecule has 1 unspecified atom stereocenters. The van der Waals surface area contributed by atoms with Crippen molar-refractivity contribution < 1.29 is 32.8 Å². The fourth-order valence-corrected chi connectivity index (χ4v) is 3.59. The van der Waals surface area contributed by atoms with E-state index in [9.17, 15) is 19.0 Å². The van der Waals surface area contributed by atoms with E-state index < -0.39 is 13.9 Å². The SMILES string of the molecule is CCCCOC(=O)NCc1cn(CCC(=O)NCCCCCCOP(=O)(O)OC(C)C)nn1. The summed E-state index contributed by atoms with van der Waals surface area (Å²) in [7, 11) is -3.96. The number of carbonyl (C=O) groups excluding carboxylic acids is 2. The molecule has 1 heterocycles. The quantitative estimate of drug-likeness (QED) is 0.208.